The summed E-state index contributed by atoms with van der Waals surface area (Å²) < 4.78 is 0. The van der Waals surface area contributed by atoms with Crippen LogP contribution in [0.25, 0.3) is 16.5 Å². The van der Waals surface area contributed by atoms with Crippen LogP contribution in [0.3, 0.4) is 0 Å². The van der Waals surface area contributed by atoms with Gasteiger partial charge in [-0.3, -0.25) is 9.69 Å². The molecular weight excluding hydrogens is 382 g/mol. The minimum absolute atomic E-state index is 0.0244. The second-order valence-corrected chi connectivity index (χ2v) is 11.6. The quantitative estimate of drug-likeness (QED) is 0.783. The number of fused-ring (bicyclic) bond motifs is 2. The number of likely N-dealkylation sites (N-methyl/N-ethyl adjacent to an activating group) is 1. The Hall–Kier alpha value is -2.07. The molecule has 5 aliphatic carbocycles. The number of aromatic amines is 1. The van der Waals surface area contributed by atoms with E-state index < -0.39 is 0 Å². The molecule has 6 aliphatic rings. The molecule has 0 spiro atoms. The molecule has 4 fully saturated rings. The second kappa shape index (κ2) is 6.25. The number of H-pyrrole nitrogens is 1. The lowest BCUT2D eigenvalue weighted by Crippen LogP contribution is -2.56. The predicted molar refractivity (Wildman–Crippen MR) is 123 cm³/mol. The summed E-state index contributed by atoms with van der Waals surface area (Å²) in [7, 11) is 2.25. The highest BCUT2D eigenvalue weighted by Gasteiger charge is 2.57. The van der Waals surface area contributed by atoms with Gasteiger partial charge in [0.05, 0.1) is 5.92 Å². The number of hydrogen-bond acceptors (Lipinski definition) is 2. The molecule has 1 aliphatic heterocycles. The molecule has 4 heteroatoms. The van der Waals surface area contributed by atoms with Crippen LogP contribution in [-0.2, 0) is 11.2 Å². The first-order valence-corrected chi connectivity index (χ1v) is 12.3. The summed E-state index contributed by atoms with van der Waals surface area (Å²) in [5.74, 6) is 2.65. The van der Waals surface area contributed by atoms with E-state index in [1.54, 1.807) is 0 Å². The van der Waals surface area contributed by atoms with Gasteiger partial charge in [-0.05, 0) is 97.9 Å². The molecule has 3 atom stereocenters. The lowest BCUT2D eigenvalue weighted by Gasteiger charge is -2.60. The van der Waals surface area contributed by atoms with Gasteiger partial charge in [0.2, 0.25) is 5.91 Å². The van der Waals surface area contributed by atoms with E-state index in [1.807, 2.05) is 0 Å². The molecule has 2 heterocycles. The van der Waals surface area contributed by atoms with Crippen molar-refractivity contribution in [1.29, 1.82) is 0 Å². The number of benzene rings is 1. The summed E-state index contributed by atoms with van der Waals surface area (Å²) in [5, 5.41) is 1.38. The fourth-order valence-electron chi connectivity index (χ4n) is 9.22. The van der Waals surface area contributed by atoms with E-state index >= 15 is 0 Å². The Bertz CT molecular complexity index is 1080. The van der Waals surface area contributed by atoms with Crippen molar-refractivity contribution in [2.75, 3.05) is 13.6 Å². The molecular formula is C27H33N3O. The zero-order valence-electron chi connectivity index (χ0n) is 18.4. The highest BCUT2D eigenvalue weighted by Crippen LogP contribution is 2.64. The average molecular weight is 416 g/mol. The van der Waals surface area contributed by atoms with Crippen LogP contribution in [0.15, 0.2) is 30.5 Å². The first-order valence-electron chi connectivity index (χ1n) is 12.3. The van der Waals surface area contributed by atoms with Crippen molar-refractivity contribution in [3.8, 4) is 0 Å². The van der Waals surface area contributed by atoms with Gasteiger partial charge in [-0.25, -0.2) is 0 Å². The van der Waals surface area contributed by atoms with Gasteiger partial charge in [0.25, 0.3) is 0 Å². The van der Waals surface area contributed by atoms with Crippen molar-refractivity contribution < 1.29 is 4.79 Å². The number of aromatic nitrogens is 1. The highest BCUT2D eigenvalue weighted by atomic mass is 16.1. The number of nitrogens with two attached hydrogens (primary N) is 1. The largest absolute Gasteiger partial charge is 0.369 e. The molecule has 1 aromatic carbocycles. The molecule has 0 saturated heterocycles. The fourth-order valence-corrected chi connectivity index (χ4v) is 9.22. The molecule has 8 rings (SSSR count). The van der Waals surface area contributed by atoms with Gasteiger partial charge in [-0.2, -0.15) is 0 Å². The van der Waals surface area contributed by atoms with Gasteiger partial charge in [0.1, 0.15) is 0 Å². The average Bonchev–Trinajstić information content (AvgIpc) is 3.12. The zero-order chi connectivity index (χ0) is 20.9. The van der Waals surface area contributed by atoms with Crippen molar-refractivity contribution >= 4 is 22.4 Å². The number of nitrogens with one attached hydrogen (secondary N) is 1. The third kappa shape index (κ3) is 2.54. The van der Waals surface area contributed by atoms with E-state index in [1.165, 1.54) is 66.1 Å². The number of rotatable bonds is 3. The molecule has 1 amide bonds. The SMILES string of the molecule is CN1C[C@H](C(C(N)=O)C23CC4CC(CC(C4)C2)C3)C=C2c3cccc4[nH]cc(c34)C[C@H]21. The molecule has 31 heavy (non-hydrogen) atoms. The summed E-state index contributed by atoms with van der Waals surface area (Å²) in [4.78, 5) is 19.1. The summed E-state index contributed by atoms with van der Waals surface area (Å²) in [6, 6.07) is 7.01. The normalized spacial score (nSPS) is 39.4. The van der Waals surface area contributed by atoms with Gasteiger partial charge in [-0.1, -0.05) is 18.2 Å². The van der Waals surface area contributed by atoms with Gasteiger partial charge < -0.3 is 10.7 Å². The van der Waals surface area contributed by atoms with Crippen molar-refractivity contribution in [1.82, 2.24) is 9.88 Å². The van der Waals surface area contributed by atoms with E-state index in [0.717, 1.165) is 30.7 Å². The second-order valence-electron chi connectivity index (χ2n) is 11.6. The van der Waals surface area contributed by atoms with E-state index in [0.29, 0.717) is 6.04 Å². The smallest absolute Gasteiger partial charge is 0.221 e. The predicted octanol–water partition coefficient (Wildman–Crippen LogP) is 4.36. The van der Waals surface area contributed by atoms with Crippen LogP contribution in [0.2, 0.25) is 0 Å². The minimum Gasteiger partial charge on any atom is -0.369 e. The summed E-state index contributed by atoms with van der Waals surface area (Å²) >= 11 is 0. The van der Waals surface area contributed by atoms with Crippen molar-refractivity contribution in [2.45, 2.75) is 51.0 Å². The standard InChI is InChI=1S/C27H33N3O/c1-30-14-19(8-21-20-3-2-4-22-24(20)18(13-29-22)9-23(21)30)25(26(28)31)27-10-15-5-16(11-27)7-17(6-15)12-27/h2-4,8,13,15-17,19,23,25,29H,5-7,9-12,14H2,1H3,(H2,28,31)/t15?,16?,17?,19-,23-,25?,27?/m1/s1. The number of carbonyl (C=O) groups is 1. The van der Waals surface area contributed by atoms with Gasteiger partial charge >= 0.3 is 0 Å². The summed E-state index contributed by atoms with van der Waals surface area (Å²) in [6.07, 6.45) is 13.6. The topological polar surface area (TPSA) is 62.1 Å². The van der Waals surface area contributed by atoms with Crippen LogP contribution in [0.4, 0.5) is 0 Å². The van der Waals surface area contributed by atoms with Crippen LogP contribution >= 0.6 is 0 Å². The lowest BCUT2D eigenvalue weighted by atomic mass is 9.45. The number of carbonyl (C=O) groups excluding carboxylic acids is 1. The lowest BCUT2D eigenvalue weighted by molar-refractivity contribution is -0.143. The maximum atomic E-state index is 13.1. The van der Waals surface area contributed by atoms with Crippen LogP contribution in [0, 0.1) is 35.0 Å². The summed E-state index contributed by atoms with van der Waals surface area (Å²) in [5.41, 5.74) is 11.8. The Morgan fingerprint density at radius 3 is 2.55 bits per heavy atom. The minimum atomic E-state index is -0.0491. The van der Waals surface area contributed by atoms with E-state index in [2.05, 4.69) is 47.4 Å². The Balaban J connectivity index is 1.34. The maximum Gasteiger partial charge on any atom is 0.221 e. The van der Waals surface area contributed by atoms with E-state index in [-0.39, 0.29) is 23.2 Å². The van der Waals surface area contributed by atoms with E-state index in [4.69, 9.17) is 5.73 Å². The summed E-state index contributed by atoms with van der Waals surface area (Å²) in [6.45, 7) is 0.944. The third-order valence-electron chi connectivity index (χ3n) is 9.78. The van der Waals surface area contributed by atoms with Crippen molar-refractivity contribution in [2.24, 2.45) is 40.7 Å². The van der Waals surface area contributed by atoms with E-state index in [9.17, 15) is 4.79 Å². The molecule has 1 aromatic heterocycles. The molecule has 3 N–H and O–H groups in total. The Morgan fingerprint density at radius 2 is 1.87 bits per heavy atom. The Morgan fingerprint density at radius 1 is 1.16 bits per heavy atom. The van der Waals surface area contributed by atoms with Gasteiger partial charge in [-0.15, -0.1) is 0 Å². The van der Waals surface area contributed by atoms with Crippen LogP contribution in [0.5, 0.6) is 0 Å². The number of hydrogen-bond donors (Lipinski definition) is 2. The Kier molecular flexibility index (Phi) is 3.73. The first-order chi connectivity index (χ1) is 15.0. The van der Waals surface area contributed by atoms with Crippen LogP contribution in [0.1, 0.15) is 49.7 Å². The molecule has 1 unspecified atom stereocenters. The number of primary amides is 1. The molecule has 4 nitrogen and oxygen atoms in total. The zero-order valence-corrected chi connectivity index (χ0v) is 18.4. The van der Waals surface area contributed by atoms with Gasteiger partial charge in [0.15, 0.2) is 0 Å². The maximum absolute atomic E-state index is 13.1. The van der Waals surface area contributed by atoms with Crippen molar-refractivity contribution in [3.63, 3.8) is 0 Å². The monoisotopic (exact) mass is 415 g/mol. The molecule has 2 aromatic rings. The molecule has 162 valence electrons. The third-order valence-corrected chi connectivity index (χ3v) is 9.78. The first kappa shape index (κ1) is 18.5. The molecule has 4 bridgehead atoms. The van der Waals surface area contributed by atoms with Gasteiger partial charge in [0, 0.05) is 35.6 Å². The molecule has 4 saturated carbocycles. The number of amides is 1. The van der Waals surface area contributed by atoms with Crippen LogP contribution in [-0.4, -0.2) is 35.4 Å². The highest BCUT2D eigenvalue weighted by molar-refractivity contribution is 5.98. The number of nitrogens with zero attached hydrogens (tertiary/aromatic N) is 1. The van der Waals surface area contributed by atoms with Crippen molar-refractivity contribution in [3.05, 3.63) is 41.6 Å². The fraction of sp³-hybridized carbons (Fsp3) is 0.593. The van der Waals surface area contributed by atoms with Crippen LogP contribution < -0.4 is 5.73 Å². The molecule has 0 radical (unpaired) electrons. The Labute approximate surface area is 184 Å².